The van der Waals surface area contributed by atoms with Crippen molar-refractivity contribution in [2.24, 2.45) is 0 Å². The molecule has 0 atom stereocenters. The lowest BCUT2D eigenvalue weighted by molar-refractivity contribution is 0.0955. The van der Waals surface area contributed by atoms with E-state index in [2.05, 4.69) is 10.3 Å². The maximum atomic E-state index is 12.2. The van der Waals surface area contributed by atoms with Crippen LogP contribution in [0.25, 0.3) is 0 Å². The van der Waals surface area contributed by atoms with E-state index in [-0.39, 0.29) is 10.8 Å². The fraction of sp³-hybridized carbons (Fsp3) is 0.286. The normalized spacial score (nSPS) is 11.6. The average Bonchev–Trinajstić information content (AvgIpc) is 2.88. The zero-order valence-corrected chi connectivity index (χ0v) is 14.2. The minimum absolute atomic E-state index is 0.175. The number of aryl methyl sites for hydroxylation is 1. The van der Waals surface area contributed by atoms with Gasteiger partial charge < -0.3 is 5.32 Å². The predicted octanol–water partition coefficient (Wildman–Crippen LogP) is 1.63. The second-order valence-electron chi connectivity index (χ2n) is 4.86. The zero-order chi connectivity index (χ0) is 16.3. The molecule has 0 aliphatic carbocycles. The maximum Gasteiger partial charge on any atom is 0.261 e. The molecule has 0 fully saturated rings. The summed E-state index contributed by atoms with van der Waals surface area (Å²) in [5, 5.41) is 2.76. The Morgan fingerprint density at radius 3 is 2.73 bits per heavy atom. The third-order valence-electron chi connectivity index (χ3n) is 3.03. The number of hydrogen-bond donors (Lipinski definition) is 1. The number of sulfonamides is 1. The molecule has 2 heterocycles. The number of nitrogens with zero attached hydrogens (tertiary/aromatic N) is 2. The van der Waals surface area contributed by atoms with E-state index in [1.165, 1.54) is 31.5 Å². The first-order chi connectivity index (χ1) is 10.3. The van der Waals surface area contributed by atoms with Crippen LogP contribution in [-0.2, 0) is 16.6 Å². The van der Waals surface area contributed by atoms with E-state index in [1.54, 1.807) is 25.4 Å². The van der Waals surface area contributed by atoms with Crippen LogP contribution in [0.15, 0.2) is 35.5 Å². The number of carbonyl (C=O) groups is 1. The van der Waals surface area contributed by atoms with E-state index in [9.17, 15) is 13.2 Å². The van der Waals surface area contributed by atoms with Gasteiger partial charge in [0, 0.05) is 37.9 Å². The van der Waals surface area contributed by atoms with E-state index in [1.807, 2.05) is 6.07 Å². The van der Waals surface area contributed by atoms with Gasteiger partial charge in [0.25, 0.3) is 5.91 Å². The topological polar surface area (TPSA) is 79.4 Å². The van der Waals surface area contributed by atoms with Gasteiger partial charge in [-0.2, -0.15) is 0 Å². The van der Waals surface area contributed by atoms with Crippen LogP contribution in [0.3, 0.4) is 0 Å². The van der Waals surface area contributed by atoms with Gasteiger partial charge in [0.05, 0.1) is 9.77 Å². The van der Waals surface area contributed by atoms with E-state index >= 15 is 0 Å². The molecule has 22 heavy (non-hydrogen) atoms. The Morgan fingerprint density at radius 1 is 1.41 bits per heavy atom. The fourth-order valence-corrected chi connectivity index (χ4v) is 4.17. The standard InChI is InChI=1S/C14H17N3O3S2/c1-10-13(22(19,20)17(2)3)7-12(21-10)14(18)16-9-11-5-4-6-15-8-11/h4-8H,9H2,1-3H3,(H,16,18). The van der Waals surface area contributed by atoms with Gasteiger partial charge >= 0.3 is 0 Å². The van der Waals surface area contributed by atoms with Gasteiger partial charge in [0.15, 0.2) is 0 Å². The minimum atomic E-state index is -3.53. The summed E-state index contributed by atoms with van der Waals surface area (Å²) in [6, 6.07) is 5.07. The number of aromatic nitrogens is 1. The number of pyridine rings is 1. The smallest absolute Gasteiger partial charge is 0.261 e. The molecule has 118 valence electrons. The Morgan fingerprint density at radius 2 is 2.14 bits per heavy atom. The van der Waals surface area contributed by atoms with Crippen molar-refractivity contribution in [2.75, 3.05) is 14.1 Å². The Balaban J connectivity index is 2.15. The molecule has 0 aliphatic rings. The highest BCUT2D eigenvalue weighted by molar-refractivity contribution is 7.89. The number of amides is 1. The number of thiophene rings is 1. The fourth-order valence-electron chi connectivity index (χ4n) is 1.80. The van der Waals surface area contributed by atoms with Crippen LogP contribution in [0, 0.1) is 6.92 Å². The van der Waals surface area contributed by atoms with Gasteiger partial charge in [-0.05, 0) is 24.6 Å². The Kier molecular flexibility index (Phi) is 4.94. The van der Waals surface area contributed by atoms with Crippen molar-refractivity contribution in [1.82, 2.24) is 14.6 Å². The summed E-state index contributed by atoms with van der Waals surface area (Å²) in [7, 11) is -0.600. The molecule has 6 nitrogen and oxygen atoms in total. The van der Waals surface area contributed by atoms with Crippen molar-refractivity contribution in [2.45, 2.75) is 18.4 Å². The summed E-state index contributed by atoms with van der Waals surface area (Å²) in [5.74, 6) is -0.294. The predicted molar refractivity (Wildman–Crippen MR) is 85.3 cm³/mol. The highest BCUT2D eigenvalue weighted by atomic mass is 32.2. The van der Waals surface area contributed by atoms with Crippen molar-refractivity contribution in [3.05, 3.63) is 45.9 Å². The van der Waals surface area contributed by atoms with Crippen LogP contribution in [0.4, 0.5) is 0 Å². The molecule has 0 aliphatic heterocycles. The van der Waals surface area contributed by atoms with Crippen LogP contribution in [0.5, 0.6) is 0 Å². The zero-order valence-electron chi connectivity index (χ0n) is 12.5. The molecule has 1 amide bonds. The summed E-state index contributed by atoms with van der Waals surface area (Å²) in [4.78, 5) is 17.3. The van der Waals surface area contributed by atoms with Crippen molar-refractivity contribution >= 4 is 27.3 Å². The first-order valence-corrected chi connectivity index (χ1v) is 8.78. The molecule has 0 radical (unpaired) electrons. The average molecular weight is 339 g/mol. The lowest BCUT2D eigenvalue weighted by atomic mass is 10.3. The lowest BCUT2D eigenvalue weighted by Crippen LogP contribution is -2.23. The molecular weight excluding hydrogens is 322 g/mol. The van der Waals surface area contributed by atoms with Gasteiger partial charge in [-0.3, -0.25) is 9.78 Å². The van der Waals surface area contributed by atoms with E-state index < -0.39 is 10.0 Å². The Hall–Kier alpha value is -1.77. The maximum absolute atomic E-state index is 12.2. The van der Waals surface area contributed by atoms with Gasteiger partial charge in [-0.25, -0.2) is 12.7 Å². The van der Waals surface area contributed by atoms with Gasteiger partial charge in [-0.15, -0.1) is 11.3 Å². The van der Waals surface area contributed by atoms with Gasteiger partial charge in [0.1, 0.15) is 0 Å². The van der Waals surface area contributed by atoms with Crippen LogP contribution >= 0.6 is 11.3 Å². The minimum Gasteiger partial charge on any atom is -0.347 e. The molecule has 8 heteroatoms. The number of nitrogens with one attached hydrogen (secondary N) is 1. The van der Waals surface area contributed by atoms with E-state index in [0.717, 1.165) is 9.87 Å². The molecule has 0 spiro atoms. The molecule has 0 saturated heterocycles. The van der Waals surface area contributed by atoms with Gasteiger partial charge in [-0.1, -0.05) is 6.07 Å². The summed E-state index contributed by atoms with van der Waals surface area (Å²) in [5.41, 5.74) is 0.880. The second-order valence-corrected chi connectivity index (χ2v) is 8.24. The third-order valence-corrected chi connectivity index (χ3v) is 6.15. The molecule has 0 saturated carbocycles. The highest BCUT2D eigenvalue weighted by Crippen LogP contribution is 2.27. The summed E-state index contributed by atoms with van der Waals surface area (Å²) in [6.07, 6.45) is 3.33. The lowest BCUT2D eigenvalue weighted by Gasteiger charge is -2.10. The SMILES string of the molecule is Cc1sc(C(=O)NCc2cccnc2)cc1S(=O)(=O)N(C)C. The quantitative estimate of drug-likeness (QED) is 0.898. The van der Waals surface area contributed by atoms with Crippen LogP contribution in [0.2, 0.25) is 0 Å². The number of hydrogen-bond acceptors (Lipinski definition) is 5. The summed E-state index contributed by atoms with van der Waals surface area (Å²) < 4.78 is 25.5. The third kappa shape index (κ3) is 3.52. The van der Waals surface area contributed by atoms with Crippen LogP contribution in [-0.4, -0.2) is 37.7 Å². The van der Waals surface area contributed by atoms with Gasteiger partial charge in [0.2, 0.25) is 10.0 Å². The van der Waals surface area contributed by atoms with Crippen LogP contribution < -0.4 is 5.32 Å². The number of rotatable bonds is 5. The monoisotopic (exact) mass is 339 g/mol. The summed E-state index contributed by atoms with van der Waals surface area (Å²) in [6.45, 7) is 2.04. The largest absolute Gasteiger partial charge is 0.347 e. The molecule has 2 aromatic rings. The van der Waals surface area contributed by atoms with Crippen molar-refractivity contribution in [3.8, 4) is 0 Å². The first kappa shape index (κ1) is 16.6. The molecule has 0 unspecified atom stereocenters. The Bertz CT molecular complexity index is 768. The van der Waals surface area contributed by atoms with Crippen molar-refractivity contribution < 1.29 is 13.2 Å². The highest BCUT2D eigenvalue weighted by Gasteiger charge is 2.24. The molecular formula is C14H17N3O3S2. The number of carbonyl (C=O) groups excluding carboxylic acids is 1. The van der Waals surface area contributed by atoms with Crippen molar-refractivity contribution in [1.29, 1.82) is 0 Å². The Labute approximate surface area is 133 Å². The van der Waals surface area contributed by atoms with E-state index in [4.69, 9.17) is 0 Å². The van der Waals surface area contributed by atoms with E-state index in [0.29, 0.717) is 16.3 Å². The molecule has 1 N–H and O–H groups in total. The molecule has 2 aromatic heterocycles. The second kappa shape index (κ2) is 6.55. The molecule has 0 bridgehead atoms. The molecule has 0 aromatic carbocycles. The van der Waals surface area contributed by atoms with Crippen LogP contribution in [0.1, 0.15) is 20.1 Å². The first-order valence-electron chi connectivity index (χ1n) is 6.52. The van der Waals surface area contributed by atoms with Crippen molar-refractivity contribution in [3.63, 3.8) is 0 Å². The summed E-state index contributed by atoms with van der Waals surface area (Å²) >= 11 is 1.17. The molecule has 2 rings (SSSR count).